The summed E-state index contributed by atoms with van der Waals surface area (Å²) >= 11 is 5.05. The molecule has 0 saturated carbocycles. The fourth-order valence-electron chi connectivity index (χ4n) is 3.04. The van der Waals surface area contributed by atoms with Crippen LogP contribution in [0.4, 0.5) is 5.69 Å². The molecule has 1 saturated heterocycles. The second-order valence-corrected chi connectivity index (χ2v) is 9.97. The quantitative estimate of drug-likeness (QED) is 0.449. The van der Waals surface area contributed by atoms with Gasteiger partial charge in [-0.1, -0.05) is 11.8 Å². The molecule has 1 unspecified atom stereocenters. The molecule has 30 heavy (non-hydrogen) atoms. The summed E-state index contributed by atoms with van der Waals surface area (Å²) in [6.07, 6.45) is 1.82. The van der Waals surface area contributed by atoms with E-state index in [9.17, 15) is 14.4 Å². The van der Waals surface area contributed by atoms with Gasteiger partial charge in [0.25, 0.3) is 0 Å². The molecule has 4 rings (SSSR count). The maximum Gasteiger partial charge on any atom is 0.243 e. The number of carbonyl (C=O) groups is 3. The normalized spacial score (nSPS) is 15.9. The first-order chi connectivity index (χ1) is 14.6. The molecule has 1 aliphatic rings. The Morgan fingerprint density at radius 3 is 2.97 bits per heavy atom. The second kappa shape index (κ2) is 9.59. The maximum absolute atomic E-state index is 12.2. The van der Waals surface area contributed by atoms with E-state index in [0.717, 1.165) is 26.7 Å². The van der Waals surface area contributed by atoms with Crippen molar-refractivity contribution >= 4 is 68.1 Å². The van der Waals surface area contributed by atoms with Crippen LogP contribution < -0.4 is 16.0 Å². The van der Waals surface area contributed by atoms with Crippen LogP contribution in [-0.2, 0) is 20.8 Å². The first-order valence-corrected chi connectivity index (χ1v) is 12.2. The number of hydrogen-bond donors (Lipinski definition) is 3. The molecule has 1 fully saturated rings. The zero-order chi connectivity index (χ0) is 20.9. The van der Waals surface area contributed by atoms with Gasteiger partial charge >= 0.3 is 0 Å². The molecule has 0 radical (unpaired) electrons. The molecule has 0 aliphatic carbocycles. The van der Waals surface area contributed by atoms with Crippen molar-refractivity contribution in [1.29, 1.82) is 0 Å². The molecule has 0 bridgehead atoms. The maximum atomic E-state index is 12.2. The number of aromatic nitrogens is 1. The molecule has 2 aromatic heterocycles. The van der Waals surface area contributed by atoms with Crippen molar-refractivity contribution in [2.45, 2.75) is 29.6 Å². The molecule has 1 aromatic carbocycles. The lowest BCUT2D eigenvalue weighted by atomic mass is 10.2. The molecular weight excluding hydrogens is 440 g/mol. The van der Waals surface area contributed by atoms with Gasteiger partial charge in [-0.2, -0.15) is 11.3 Å². The lowest BCUT2D eigenvalue weighted by Gasteiger charge is -2.11. The Morgan fingerprint density at radius 1 is 1.30 bits per heavy atom. The first-order valence-electron chi connectivity index (χ1n) is 9.48. The molecule has 3 amide bonds. The van der Waals surface area contributed by atoms with E-state index in [1.807, 2.05) is 12.1 Å². The van der Waals surface area contributed by atoms with Gasteiger partial charge in [0.15, 0.2) is 4.34 Å². The predicted molar refractivity (Wildman–Crippen MR) is 121 cm³/mol. The molecule has 3 N–H and O–H groups in total. The van der Waals surface area contributed by atoms with E-state index in [4.69, 9.17) is 0 Å². The first kappa shape index (κ1) is 20.8. The second-order valence-electron chi connectivity index (χ2n) is 6.82. The molecule has 3 aromatic rings. The van der Waals surface area contributed by atoms with Crippen molar-refractivity contribution in [3.8, 4) is 0 Å². The molecule has 0 spiro atoms. The summed E-state index contributed by atoms with van der Waals surface area (Å²) in [6, 6.07) is 7.18. The summed E-state index contributed by atoms with van der Waals surface area (Å²) in [5.41, 5.74) is 2.91. The van der Waals surface area contributed by atoms with Crippen LogP contribution >= 0.6 is 34.4 Å². The summed E-state index contributed by atoms with van der Waals surface area (Å²) in [4.78, 5) is 40.0. The number of nitrogens with one attached hydrogen (secondary N) is 3. The smallest absolute Gasteiger partial charge is 0.243 e. The average molecular weight is 461 g/mol. The van der Waals surface area contributed by atoms with E-state index in [-0.39, 0.29) is 24.3 Å². The van der Waals surface area contributed by atoms with E-state index in [2.05, 4.69) is 37.8 Å². The van der Waals surface area contributed by atoms with Gasteiger partial charge in [-0.05, 0) is 53.4 Å². The van der Waals surface area contributed by atoms with Crippen molar-refractivity contribution in [2.75, 3.05) is 17.6 Å². The standard InChI is InChI=1S/C20H20N4O3S3/c25-17-4-3-15(23-17)19(27)21-10-18(26)22-13-1-2-14-16(9-13)30-20(24-14)29-8-6-12-5-7-28-11-12/h1-2,5,7,9,11,15H,3-4,6,8,10H2,(H,21,27)(H,22,26)(H,23,25). The minimum Gasteiger partial charge on any atom is -0.345 e. The lowest BCUT2D eigenvalue weighted by molar-refractivity contribution is -0.127. The number of anilines is 1. The van der Waals surface area contributed by atoms with Gasteiger partial charge in [0.1, 0.15) is 6.04 Å². The Morgan fingerprint density at radius 2 is 2.20 bits per heavy atom. The predicted octanol–water partition coefficient (Wildman–Crippen LogP) is 3.03. The summed E-state index contributed by atoms with van der Waals surface area (Å²) in [7, 11) is 0. The number of aryl methyl sites for hydroxylation is 1. The number of hydrogen-bond acceptors (Lipinski definition) is 7. The van der Waals surface area contributed by atoms with Crippen molar-refractivity contribution in [3.63, 3.8) is 0 Å². The van der Waals surface area contributed by atoms with Crippen LogP contribution in [0, 0.1) is 0 Å². The number of nitrogens with zero attached hydrogens (tertiary/aromatic N) is 1. The average Bonchev–Trinajstić information content (AvgIpc) is 3.47. The van der Waals surface area contributed by atoms with Crippen LogP contribution in [0.5, 0.6) is 0 Å². The van der Waals surface area contributed by atoms with Gasteiger partial charge in [0.2, 0.25) is 17.7 Å². The molecular formula is C20H20N4O3S3. The third-order valence-corrected chi connectivity index (χ3v) is 7.48. The summed E-state index contributed by atoms with van der Waals surface area (Å²) in [5.74, 6) is 0.183. The molecule has 1 atom stereocenters. The molecule has 1 aliphatic heterocycles. The van der Waals surface area contributed by atoms with Gasteiger partial charge < -0.3 is 16.0 Å². The van der Waals surface area contributed by atoms with Crippen molar-refractivity contribution in [3.05, 3.63) is 40.6 Å². The van der Waals surface area contributed by atoms with Crippen LogP contribution in [0.3, 0.4) is 0 Å². The Balaban J connectivity index is 1.28. The van der Waals surface area contributed by atoms with E-state index in [1.165, 1.54) is 5.56 Å². The third kappa shape index (κ3) is 5.38. The minimum absolute atomic E-state index is 0.138. The van der Waals surface area contributed by atoms with E-state index >= 15 is 0 Å². The van der Waals surface area contributed by atoms with Crippen LogP contribution in [0.15, 0.2) is 39.4 Å². The molecule has 7 nitrogen and oxygen atoms in total. The minimum atomic E-state index is -0.547. The fourth-order valence-corrected chi connectivity index (χ4v) is 5.91. The van der Waals surface area contributed by atoms with E-state index < -0.39 is 6.04 Å². The fraction of sp³-hybridized carbons (Fsp3) is 0.300. The van der Waals surface area contributed by atoms with E-state index in [1.54, 1.807) is 40.5 Å². The van der Waals surface area contributed by atoms with Gasteiger partial charge in [-0.15, -0.1) is 11.3 Å². The van der Waals surface area contributed by atoms with Crippen molar-refractivity contribution < 1.29 is 14.4 Å². The molecule has 156 valence electrons. The number of thioether (sulfide) groups is 1. The summed E-state index contributed by atoms with van der Waals surface area (Å²) in [5, 5.41) is 12.2. The van der Waals surface area contributed by atoms with Crippen molar-refractivity contribution in [2.24, 2.45) is 0 Å². The number of thiazole rings is 1. The molecule has 10 heteroatoms. The highest BCUT2D eigenvalue weighted by atomic mass is 32.2. The lowest BCUT2D eigenvalue weighted by Crippen LogP contribution is -2.44. The number of benzene rings is 1. The topological polar surface area (TPSA) is 100 Å². The Kier molecular flexibility index (Phi) is 6.66. The molecule has 3 heterocycles. The largest absolute Gasteiger partial charge is 0.345 e. The highest BCUT2D eigenvalue weighted by molar-refractivity contribution is 8.01. The van der Waals surface area contributed by atoms with Gasteiger partial charge in [0.05, 0.1) is 16.8 Å². The third-order valence-electron chi connectivity index (χ3n) is 4.58. The van der Waals surface area contributed by atoms with Crippen LogP contribution in [0.25, 0.3) is 10.2 Å². The number of thiophene rings is 1. The number of amides is 3. The zero-order valence-electron chi connectivity index (χ0n) is 16.0. The van der Waals surface area contributed by atoms with Crippen LogP contribution in [-0.4, -0.2) is 41.0 Å². The van der Waals surface area contributed by atoms with Gasteiger partial charge in [0, 0.05) is 17.9 Å². The van der Waals surface area contributed by atoms with Gasteiger partial charge in [-0.3, -0.25) is 14.4 Å². The Labute approximate surface area is 185 Å². The Hall–Kier alpha value is -2.43. The Bertz CT molecular complexity index is 1060. The highest BCUT2D eigenvalue weighted by Gasteiger charge is 2.27. The summed E-state index contributed by atoms with van der Waals surface area (Å²) < 4.78 is 2.01. The van der Waals surface area contributed by atoms with Gasteiger partial charge in [-0.25, -0.2) is 4.98 Å². The number of carbonyl (C=O) groups excluding carboxylic acids is 3. The van der Waals surface area contributed by atoms with Crippen LogP contribution in [0.1, 0.15) is 18.4 Å². The van der Waals surface area contributed by atoms with Crippen molar-refractivity contribution in [1.82, 2.24) is 15.6 Å². The zero-order valence-corrected chi connectivity index (χ0v) is 18.4. The number of fused-ring (bicyclic) bond motifs is 1. The van der Waals surface area contributed by atoms with E-state index in [0.29, 0.717) is 18.5 Å². The summed E-state index contributed by atoms with van der Waals surface area (Å²) in [6.45, 7) is -0.143. The number of rotatable bonds is 8. The monoisotopic (exact) mass is 460 g/mol. The highest BCUT2D eigenvalue weighted by Crippen LogP contribution is 2.31. The van der Waals surface area contributed by atoms with Crippen LogP contribution in [0.2, 0.25) is 0 Å². The SMILES string of the molecule is O=C(CNC(=O)C1CCC(=O)N1)Nc1ccc2nc(SCCc3ccsc3)sc2c1.